The number of aromatic amines is 1. The van der Waals surface area contributed by atoms with Gasteiger partial charge in [0, 0.05) is 41.4 Å². The third kappa shape index (κ3) is 3.10. The van der Waals surface area contributed by atoms with Crippen molar-refractivity contribution < 1.29 is 14.3 Å². The number of pyridine rings is 1. The third-order valence-electron chi connectivity index (χ3n) is 4.59. The third-order valence-corrected chi connectivity index (χ3v) is 4.81. The minimum absolute atomic E-state index is 0.107. The molecule has 0 bridgehead atoms. The zero-order valence-corrected chi connectivity index (χ0v) is 15.5. The van der Waals surface area contributed by atoms with Gasteiger partial charge >= 0.3 is 0 Å². The van der Waals surface area contributed by atoms with Gasteiger partial charge in [-0.2, -0.15) is 5.10 Å². The largest absolute Gasteiger partial charge is 0.497 e. The highest BCUT2D eigenvalue weighted by atomic mass is 35.5. The van der Waals surface area contributed by atoms with Crippen LogP contribution in [-0.4, -0.2) is 35.3 Å². The number of H-pyrrole nitrogens is 1. The van der Waals surface area contributed by atoms with Gasteiger partial charge in [-0.25, -0.2) is 0 Å². The van der Waals surface area contributed by atoms with Gasteiger partial charge in [-0.15, -0.1) is 0 Å². The first kappa shape index (κ1) is 17.4. The number of rotatable bonds is 4. The molecule has 2 N–H and O–H groups in total. The van der Waals surface area contributed by atoms with E-state index in [4.69, 9.17) is 21.1 Å². The molecule has 7 nitrogen and oxygen atoms in total. The van der Waals surface area contributed by atoms with Crippen LogP contribution in [0.25, 0.3) is 11.3 Å². The summed E-state index contributed by atoms with van der Waals surface area (Å²) < 4.78 is 10.8. The topological polar surface area (TPSA) is 89.1 Å². The van der Waals surface area contributed by atoms with Crippen LogP contribution in [-0.2, 0) is 4.79 Å². The summed E-state index contributed by atoms with van der Waals surface area (Å²) in [6.45, 7) is 0. The molecule has 1 amide bonds. The van der Waals surface area contributed by atoms with Crippen LogP contribution in [0, 0.1) is 0 Å². The molecule has 0 saturated heterocycles. The van der Waals surface area contributed by atoms with Crippen molar-refractivity contribution in [1.29, 1.82) is 0 Å². The van der Waals surface area contributed by atoms with E-state index in [1.807, 2.05) is 18.2 Å². The summed E-state index contributed by atoms with van der Waals surface area (Å²) in [5.74, 6) is 1.48. The van der Waals surface area contributed by atoms with Crippen molar-refractivity contribution in [2.45, 2.75) is 12.3 Å². The summed E-state index contributed by atoms with van der Waals surface area (Å²) in [5.41, 5.74) is 3.21. The predicted molar refractivity (Wildman–Crippen MR) is 101 cm³/mol. The molecular weight excluding hydrogens is 368 g/mol. The molecule has 0 fully saturated rings. The fourth-order valence-corrected chi connectivity index (χ4v) is 3.42. The number of carbonyl (C=O) groups excluding carboxylic acids is 1. The van der Waals surface area contributed by atoms with E-state index >= 15 is 0 Å². The Balaban J connectivity index is 1.87. The second-order valence-corrected chi connectivity index (χ2v) is 6.57. The van der Waals surface area contributed by atoms with Crippen molar-refractivity contribution in [2.24, 2.45) is 0 Å². The van der Waals surface area contributed by atoms with Crippen LogP contribution in [0.5, 0.6) is 11.5 Å². The Hall–Kier alpha value is -3.06. The molecule has 138 valence electrons. The maximum Gasteiger partial charge on any atom is 0.226 e. The van der Waals surface area contributed by atoms with Gasteiger partial charge in [0.05, 0.1) is 24.9 Å². The fraction of sp³-hybridized carbons (Fsp3) is 0.211. The number of hydrogen-bond acceptors (Lipinski definition) is 5. The number of methoxy groups -OCH3 is 2. The van der Waals surface area contributed by atoms with Gasteiger partial charge in [0.15, 0.2) is 5.82 Å². The fourth-order valence-electron chi connectivity index (χ4n) is 3.31. The zero-order valence-electron chi connectivity index (χ0n) is 14.7. The second-order valence-electron chi connectivity index (χ2n) is 6.13. The monoisotopic (exact) mass is 384 g/mol. The standard InChI is InChI=1S/C19H17ClN4O3/c1-26-11-4-5-12(15(7-11)27-2)18-17-13(14-6-3-10(20)9-21-14)8-16(25)22-19(17)24-23-18/h3-7,9,13H,8H2,1-2H3,(H2,22,23,24,25). The molecule has 27 heavy (non-hydrogen) atoms. The Morgan fingerprint density at radius 2 is 2.04 bits per heavy atom. The molecule has 4 rings (SSSR count). The molecule has 0 spiro atoms. The zero-order chi connectivity index (χ0) is 19.0. The van der Waals surface area contributed by atoms with Crippen molar-refractivity contribution in [2.75, 3.05) is 19.5 Å². The number of halogens is 1. The number of carbonyl (C=O) groups is 1. The Morgan fingerprint density at radius 3 is 2.74 bits per heavy atom. The smallest absolute Gasteiger partial charge is 0.226 e. The lowest BCUT2D eigenvalue weighted by Gasteiger charge is -2.23. The average Bonchev–Trinajstić information content (AvgIpc) is 3.11. The lowest BCUT2D eigenvalue weighted by Crippen LogP contribution is -2.23. The molecule has 1 aromatic carbocycles. The number of amides is 1. The van der Waals surface area contributed by atoms with Gasteiger partial charge in [-0.1, -0.05) is 11.6 Å². The first-order valence-corrected chi connectivity index (χ1v) is 8.70. The number of fused-ring (bicyclic) bond motifs is 1. The summed E-state index contributed by atoms with van der Waals surface area (Å²) >= 11 is 5.96. The summed E-state index contributed by atoms with van der Waals surface area (Å²) in [6, 6.07) is 9.15. The maximum absolute atomic E-state index is 12.2. The minimum atomic E-state index is -0.244. The van der Waals surface area contributed by atoms with Crippen LogP contribution in [0.3, 0.4) is 0 Å². The maximum atomic E-state index is 12.2. The summed E-state index contributed by atoms with van der Waals surface area (Å²) in [5, 5.41) is 10.7. The van der Waals surface area contributed by atoms with E-state index in [1.165, 1.54) is 0 Å². The van der Waals surface area contributed by atoms with Crippen LogP contribution in [0.4, 0.5) is 5.82 Å². The highest BCUT2D eigenvalue weighted by molar-refractivity contribution is 6.30. The first-order chi connectivity index (χ1) is 13.1. The van der Waals surface area contributed by atoms with Crippen LogP contribution in [0.1, 0.15) is 23.6 Å². The number of benzene rings is 1. The number of nitrogens with zero attached hydrogens (tertiary/aromatic N) is 2. The molecule has 0 radical (unpaired) electrons. The molecule has 1 aliphatic heterocycles. The number of ether oxygens (including phenoxy) is 2. The van der Waals surface area contributed by atoms with Crippen LogP contribution in [0.2, 0.25) is 5.02 Å². The SMILES string of the molecule is COc1ccc(-c2[nH]nc3c2C(c2ccc(Cl)cn2)CC(=O)N3)c(OC)c1. The van der Waals surface area contributed by atoms with Gasteiger partial charge in [0.1, 0.15) is 11.5 Å². The number of hydrogen-bond donors (Lipinski definition) is 2. The van der Waals surface area contributed by atoms with Gasteiger partial charge in [0.2, 0.25) is 5.91 Å². The van der Waals surface area contributed by atoms with Crippen LogP contribution in [0.15, 0.2) is 36.5 Å². The van der Waals surface area contributed by atoms with Crippen molar-refractivity contribution in [3.05, 3.63) is 52.8 Å². The van der Waals surface area contributed by atoms with Gasteiger partial charge in [0.25, 0.3) is 0 Å². The van der Waals surface area contributed by atoms with Crippen LogP contribution >= 0.6 is 11.6 Å². The number of nitrogens with one attached hydrogen (secondary N) is 2. The Labute approximate surface area is 160 Å². The van der Waals surface area contributed by atoms with E-state index in [2.05, 4.69) is 20.5 Å². The number of anilines is 1. The minimum Gasteiger partial charge on any atom is -0.497 e. The Bertz CT molecular complexity index is 1000. The van der Waals surface area contributed by atoms with Gasteiger partial charge in [-0.05, 0) is 24.3 Å². The predicted octanol–water partition coefficient (Wildman–Crippen LogP) is 3.62. The molecule has 8 heteroatoms. The van der Waals surface area contributed by atoms with E-state index in [1.54, 1.807) is 32.5 Å². The van der Waals surface area contributed by atoms with E-state index in [9.17, 15) is 4.79 Å². The van der Waals surface area contributed by atoms with Crippen molar-refractivity contribution in [1.82, 2.24) is 15.2 Å². The molecule has 3 heterocycles. The summed E-state index contributed by atoms with van der Waals surface area (Å²) in [7, 11) is 3.20. The molecule has 2 aromatic heterocycles. The highest BCUT2D eigenvalue weighted by Crippen LogP contribution is 2.44. The Kier molecular flexibility index (Phi) is 4.45. The van der Waals surface area contributed by atoms with Crippen molar-refractivity contribution in [3.63, 3.8) is 0 Å². The quantitative estimate of drug-likeness (QED) is 0.717. The molecule has 1 atom stereocenters. The normalized spacial score (nSPS) is 15.8. The average molecular weight is 385 g/mol. The van der Waals surface area contributed by atoms with Gasteiger partial charge < -0.3 is 14.8 Å². The Morgan fingerprint density at radius 1 is 1.19 bits per heavy atom. The highest BCUT2D eigenvalue weighted by Gasteiger charge is 2.33. The van der Waals surface area contributed by atoms with E-state index < -0.39 is 0 Å². The lowest BCUT2D eigenvalue weighted by atomic mass is 9.87. The lowest BCUT2D eigenvalue weighted by molar-refractivity contribution is -0.116. The summed E-state index contributed by atoms with van der Waals surface area (Å²) in [4.78, 5) is 16.6. The molecule has 1 unspecified atom stereocenters. The molecule has 0 saturated carbocycles. The second kappa shape index (κ2) is 6.92. The van der Waals surface area contributed by atoms with E-state index in [0.29, 0.717) is 22.3 Å². The first-order valence-electron chi connectivity index (χ1n) is 8.32. The van der Waals surface area contributed by atoms with E-state index in [0.717, 1.165) is 22.5 Å². The molecule has 3 aromatic rings. The molecular formula is C19H17ClN4O3. The van der Waals surface area contributed by atoms with Crippen molar-refractivity contribution in [3.8, 4) is 22.8 Å². The van der Waals surface area contributed by atoms with Crippen molar-refractivity contribution >= 4 is 23.3 Å². The number of aromatic nitrogens is 3. The molecule has 1 aliphatic rings. The van der Waals surface area contributed by atoms with Crippen LogP contribution < -0.4 is 14.8 Å². The summed E-state index contributed by atoms with van der Waals surface area (Å²) in [6.07, 6.45) is 1.85. The molecule has 0 aliphatic carbocycles. The van der Waals surface area contributed by atoms with Gasteiger partial charge in [-0.3, -0.25) is 14.9 Å². The van der Waals surface area contributed by atoms with E-state index in [-0.39, 0.29) is 18.2 Å².